The molecular weight excluding hydrogens is 378 g/mol. The van der Waals surface area contributed by atoms with Crippen LogP contribution in [0, 0.1) is 11.6 Å². The highest BCUT2D eigenvalue weighted by atomic mass is 19.2. The van der Waals surface area contributed by atoms with E-state index in [2.05, 4.69) is 55.5 Å². The topological polar surface area (TPSA) is 9.23 Å². The number of ether oxygens (including phenoxy) is 1. The van der Waals surface area contributed by atoms with Gasteiger partial charge in [-0.05, 0) is 66.5 Å². The Morgan fingerprint density at radius 3 is 1.80 bits per heavy atom. The molecule has 0 fully saturated rings. The van der Waals surface area contributed by atoms with Crippen molar-refractivity contribution in [3.8, 4) is 16.9 Å². The SMILES string of the molecule is CCCCCc1ccc(-c2ccc(CCc3ccc(OCC)c(F)c3F)cc2)cc1. The van der Waals surface area contributed by atoms with Crippen molar-refractivity contribution in [2.75, 3.05) is 6.61 Å². The summed E-state index contributed by atoms with van der Waals surface area (Å²) in [5.74, 6) is -1.74. The molecule has 3 aromatic rings. The Morgan fingerprint density at radius 1 is 0.633 bits per heavy atom. The Balaban J connectivity index is 1.60. The minimum absolute atomic E-state index is 0.0283. The first-order chi connectivity index (χ1) is 14.6. The van der Waals surface area contributed by atoms with Crippen molar-refractivity contribution in [1.29, 1.82) is 0 Å². The highest BCUT2D eigenvalue weighted by Crippen LogP contribution is 2.25. The van der Waals surface area contributed by atoms with Crippen LogP contribution in [0.5, 0.6) is 5.75 Å². The van der Waals surface area contributed by atoms with Gasteiger partial charge in [-0.2, -0.15) is 4.39 Å². The summed E-state index contributed by atoms with van der Waals surface area (Å²) in [7, 11) is 0. The predicted molar refractivity (Wildman–Crippen MR) is 120 cm³/mol. The zero-order valence-corrected chi connectivity index (χ0v) is 17.9. The van der Waals surface area contributed by atoms with Gasteiger partial charge < -0.3 is 4.74 Å². The van der Waals surface area contributed by atoms with Crippen LogP contribution < -0.4 is 4.74 Å². The van der Waals surface area contributed by atoms with Crippen molar-refractivity contribution < 1.29 is 13.5 Å². The first-order valence-corrected chi connectivity index (χ1v) is 10.9. The maximum absolute atomic E-state index is 14.2. The summed E-state index contributed by atoms with van der Waals surface area (Å²) < 4.78 is 33.4. The number of halogens is 2. The molecule has 0 saturated heterocycles. The quantitative estimate of drug-likeness (QED) is 0.315. The molecule has 0 radical (unpaired) electrons. The maximum Gasteiger partial charge on any atom is 0.200 e. The summed E-state index contributed by atoms with van der Waals surface area (Å²) in [6, 6.07) is 20.2. The molecule has 0 N–H and O–H groups in total. The van der Waals surface area contributed by atoms with Gasteiger partial charge in [-0.1, -0.05) is 74.4 Å². The lowest BCUT2D eigenvalue weighted by atomic mass is 9.98. The van der Waals surface area contributed by atoms with E-state index in [1.165, 1.54) is 36.5 Å². The lowest BCUT2D eigenvalue weighted by molar-refractivity contribution is 0.313. The number of unbranched alkanes of at least 4 members (excludes halogenated alkanes) is 2. The van der Waals surface area contributed by atoms with Crippen LogP contribution in [0.4, 0.5) is 8.78 Å². The zero-order valence-electron chi connectivity index (χ0n) is 17.9. The summed E-state index contributed by atoms with van der Waals surface area (Å²) in [5.41, 5.74) is 5.22. The Bertz CT molecular complexity index is 930. The van der Waals surface area contributed by atoms with Crippen LogP contribution in [0.1, 0.15) is 49.8 Å². The summed E-state index contributed by atoms with van der Waals surface area (Å²) in [6.07, 6.45) is 5.99. The molecule has 3 aromatic carbocycles. The number of aryl methyl sites for hydroxylation is 3. The molecule has 1 nitrogen and oxygen atoms in total. The van der Waals surface area contributed by atoms with Crippen LogP contribution in [0.2, 0.25) is 0 Å². The Hall–Kier alpha value is -2.68. The minimum Gasteiger partial charge on any atom is -0.491 e. The molecule has 158 valence electrons. The molecule has 3 rings (SSSR count). The Morgan fingerprint density at radius 2 is 1.23 bits per heavy atom. The van der Waals surface area contributed by atoms with Crippen molar-refractivity contribution >= 4 is 0 Å². The molecule has 0 aliphatic rings. The molecule has 0 amide bonds. The van der Waals surface area contributed by atoms with Crippen molar-refractivity contribution in [2.24, 2.45) is 0 Å². The van der Waals surface area contributed by atoms with E-state index >= 15 is 0 Å². The van der Waals surface area contributed by atoms with E-state index in [0.29, 0.717) is 25.0 Å². The standard InChI is InChI=1S/C27H30F2O/c1-3-5-6-7-20-8-13-22(14-9-20)23-15-10-21(11-16-23)12-17-24-18-19-25(30-4-2)27(29)26(24)28/h8-11,13-16,18-19H,3-7,12,17H2,1-2H3. The average molecular weight is 409 g/mol. The summed E-state index contributed by atoms with van der Waals surface area (Å²) in [4.78, 5) is 0. The third-order valence-electron chi connectivity index (χ3n) is 5.42. The number of hydrogen-bond donors (Lipinski definition) is 0. The summed E-state index contributed by atoms with van der Waals surface area (Å²) in [5, 5.41) is 0. The van der Waals surface area contributed by atoms with E-state index < -0.39 is 11.6 Å². The molecule has 3 heteroatoms. The molecule has 0 heterocycles. The van der Waals surface area contributed by atoms with Gasteiger partial charge in [0.1, 0.15) is 0 Å². The third-order valence-corrected chi connectivity index (χ3v) is 5.42. The van der Waals surface area contributed by atoms with Gasteiger partial charge in [0, 0.05) is 0 Å². The van der Waals surface area contributed by atoms with Crippen LogP contribution >= 0.6 is 0 Å². The first kappa shape index (κ1) is 22.0. The van der Waals surface area contributed by atoms with E-state index in [9.17, 15) is 8.78 Å². The summed E-state index contributed by atoms with van der Waals surface area (Å²) >= 11 is 0. The fourth-order valence-electron chi connectivity index (χ4n) is 3.62. The predicted octanol–water partition coefficient (Wildman–Crippen LogP) is 7.55. The van der Waals surface area contributed by atoms with E-state index in [-0.39, 0.29) is 5.75 Å². The molecule has 0 aliphatic heterocycles. The van der Waals surface area contributed by atoms with Gasteiger partial charge in [0.05, 0.1) is 6.61 Å². The number of rotatable bonds is 10. The minimum atomic E-state index is -0.900. The summed E-state index contributed by atoms with van der Waals surface area (Å²) in [6.45, 7) is 4.28. The van der Waals surface area contributed by atoms with Gasteiger partial charge in [-0.25, -0.2) is 4.39 Å². The van der Waals surface area contributed by atoms with Crippen LogP contribution in [0.25, 0.3) is 11.1 Å². The fraction of sp³-hybridized carbons (Fsp3) is 0.333. The van der Waals surface area contributed by atoms with Crippen LogP contribution in [0.3, 0.4) is 0 Å². The van der Waals surface area contributed by atoms with E-state index in [1.54, 1.807) is 13.0 Å². The van der Waals surface area contributed by atoms with Crippen LogP contribution in [-0.4, -0.2) is 6.61 Å². The molecule has 30 heavy (non-hydrogen) atoms. The zero-order chi connectivity index (χ0) is 21.3. The highest BCUT2D eigenvalue weighted by Gasteiger charge is 2.14. The second-order valence-electron chi connectivity index (χ2n) is 7.63. The molecule has 0 unspecified atom stereocenters. The lowest BCUT2D eigenvalue weighted by Gasteiger charge is -2.09. The van der Waals surface area contributed by atoms with Crippen molar-refractivity contribution in [3.05, 3.63) is 89.0 Å². The first-order valence-electron chi connectivity index (χ1n) is 10.9. The van der Waals surface area contributed by atoms with Crippen molar-refractivity contribution in [3.63, 3.8) is 0 Å². The molecule has 0 bridgehead atoms. The number of hydrogen-bond acceptors (Lipinski definition) is 1. The molecular formula is C27H30F2O. The molecule has 0 atom stereocenters. The number of benzene rings is 3. The largest absolute Gasteiger partial charge is 0.491 e. The molecule has 0 saturated carbocycles. The normalized spacial score (nSPS) is 10.9. The van der Waals surface area contributed by atoms with Crippen LogP contribution in [-0.2, 0) is 19.3 Å². The van der Waals surface area contributed by atoms with Gasteiger partial charge in [0.2, 0.25) is 5.82 Å². The fourth-order valence-corrected chi connectivity index (χ4v) is 3.62. The second-order valence-corrected chi connectivity index (χ2v) is 7.63. The highest BCUT2D eigenvalue weighted by molar-refractivity contribution is 5.64. The van der Waals surface area contributed by atoms with Crippen molar-refractivity contribution in [1.82, 2.24) is 0 Å². The lowest BCUT2D eigenvalue weighted by Crippen LogP contribution is -2.02. The molecule has 0 aliphatic carbocycles. The Kier molecular flexibility index (Phi) is 8.01. The monoisotopic (exact) mass is 408 g/mol. The van der Waals surface area contributed by atoms with Gasteiger partial charge in [0.25, 0.3) is 0 Å². The second kappa shape index (κ2) is 10.9. The van der Waals surface area contributed by atoms with Crippen molar-refractivity contribution in [2.45, 2.75) is 52.4 Å². The third kappa shape index (κ3) is 5.69. The van der Waals surface area contributed by atoms with E-state index in [4.69, 9.17) is 4.74 Å². The van der Waals surface area contributed by atoms with Gasteiger partial charge in [-0.15, -0.1) is 0 Å². The van der Waals surface area contributed by atoms with E-state index in [1.807, 2.05) is 0 Å². The molecule has 0 spiro atoms. The van der Waals surface area contributed by atoms with Gasteiger partial charge >= 0.3 is 0 Å². The average Bonchev–Trinajstić information content (AvgIpc) is 2.78. The smallest absolute Gasteiger partial charge is 0.200 e. The molecule has 0 aromatic heterocycles. The van der Waals surface area contributed by atoms with Gasteiger partial charge in [-0.3, -0.25) is 0 Å². The van der Waals surface area contributed by atoms with Crippen LogP contribution in [0.15, 0.2) is 60.7 Å². The maximum atomic E-state index is 14.2. The van der Waals surface area contributed by atoms with Gasteiger partial charge in [0.15, 0.2) is 11.6 Å². The Labute approximate surface area is 178 Å². The van der Waals surface area contributed by atoms with E-state index in [0.717, 1.165) is 17.5 Å².